The molecule has 0 saturated carbocycles. The molecule has 0 aromatic heterocycles. The largest absolute Gasteiger partial charge is 0.497 e. The van der Waals surface area contributed by atoms with E-state index in [4.69, 9.17) is 4.74 Å². The van der Waals surface area contributed by atoms with Crippen molar-refractivity contribution < 1.29 is 13.9 Å². The Morgan fingerprint density at radius 3 is 2.27 bits per heavy atom. The quantitative estimate of drug-likeness (QED) is 0.781. The number of amides is 1. The van der Waals surface area contributed by atoms with Crippen molar-refractivity contribution >= 4 is 5.91 Å². The minimum atomic E-state index is -0.256. The first kappa shape index (κ1) is 19.9. The number of nitrogens with one attached hydrogen (secondary N) is 1. The second-order valence-corrected chi connectivity index (χ2v) is 6.86. The van der Waals surface area contributed by atoms with E-state index in [0.29, 0.717) is 6.54 Å². The smallest absolute Gasteiger partial charge is 0.234 e. The maximum atomic E-state index is 13.0. The highest BCUT2D eigenvalue weighted by molar-refractivity contribution is 5.78. The molecule has 0 aliphatic heterocycles. The van der Waals surface area contributed by atoms with Crippen molar-refractivity contribution in [3.8, 4) is 5.75 Å². The van der Waals surface area contributed by atoms with Gasteiger partial charge in [-0.15, -0.1) is 0 Å². The van der Waals surface area contributed by atoms with Gasteiger partial charge in [0.25, 0.3) is 0 Å². The molecule has 26 heavy (non-hydrogen) atoms. The van der Waals surface area contributed by atoms with Crippen LogP contribution in [0.5, 0.6) is 5.75 Å². The zero-order valence-corrected chi connectivity index (χ0v) is 15.8. The molecule has 0 spiro atoms. The molecular formula is C21H27FN2O2. The molecule has 1 atom stereocenters. The summed E-state index contributed by atoms with van der Waals surface area (Å²) in [7, 11) is 3.51. The number of rotatable bonds is 8. The highest BCUT2D eigenvalue weighted by atomic mass is 19.1. The maximum Gasteiger partial charge on any atom is 0.234 e. The van der Waals surface area contributed by atoms with Crippen LogP contribution in [0.15, 0.2) is 48.5 Å². The van der Waals surface area contributed by atoms with Crippen LogP contribution in [0.4, 0.5) is 4.39 Å². The van der Waals surface area contributed by atoms with Crippen molar-refractivity contribution in [1.29, 1.82) is 0 Å². The zero-order valence-electron chi connectivity index (χ0n) is 15.8. The van der Waals surface area contributed by atoms with E-state index in [2.05, 4.69) is 19.2 Å². The average Bonchev–Trinajstić information content (AvgIpc) is 2.61. The van der Waals surface area contributed by atoms with E-state index >= 15 is 0 Å². The molecule has 0 saturated heterocycles. The number of hydrogen-bond donors (Lipinski definition) is 1. The van der Waals surface area contributed by atoms with Crippen LogP contribution in [0.1, 0.15) is 31.0 Å². The highest BCUT2D eigenvalue weighted by Crippen LogP contribution is 2.23. The molecule has 0 radical (unpaired) electrons. The number of hydrogen-bond acceptors (Lipinski definition) is 3. The van der Waals surface area contributed by atoms with Gasteiger partial charge in [0.2, 0.25) is 5.91 Å². The fourth-order valence-corrected chi connectivity index (χ4v) is 2.87. The van der Waals surface area contributed by atoms with Crippen molar-refractivity contribution in [3.05, 3.63) is 65.5 Å². The molecule has 2 aromatic rings. The Labute approximate surface area is 155 Å². The fraction of sp³-hybridized carbons (Fsp3) is 0.381. The molecule has 0 aliphatic carbocycles. The van der Waals surface area contributed by atoms with Gasteiger partial charge in [-0.05, 0) is 48.4 Å². The fourth-order valence-electron chi connectivity index (χ4n) is 2.87. The minimum absolute atomic E-state index is 0.0378. The number of carbonyl (C=O) groups is 1. The van der Waals surface area contributed by atoms with Gasteiger partial charge in [0.15, 0.2) is 0 Å². The molecule has 140 valence electrons. The lowest BCUT2D eigenvalue weighted by atomic mass is 9.96. The third-order valence-electron chi connectivity index (χ3n) is 4.24. The normalized spacial score (nSPS) is 12.3. The lowest BCUT2D eigenvalue weighted by Gasteiger charge is -2.25. The predicted octanol–water partition coefficient (Wildman–Crippen LogP) is 3.78. The van der Waals surface area contributed by atoms with Gasteiger partial charge in [-0.1, -0.05) is 38.1 Å². The first-order valence-electron chi connectivity index (χ1n) is 8.75. The predicted molar refractivity (Wildman–Crippen MR) is 101 cm³/mol. The Kier molecular flexibility index (Phi) is 7.16. The molecular weight excluding hydrogens is 331 g/mol. The molecule has 1 N–H and O–H groups in total. The van der Waals surface area contributed by atoms with E-state index in [0.717, 1.165) is 16.9 Å². The average molecular weight is 358 g/mol. The molecule has 0 bridgehead atoms. The van der Waals surface area contributed by atoms with Crippen LogP contribution in [0, 0.1) is 11.7 Å². The van der Waals surface area contributed by atoms with E-state index in [9.17, 15) is 9.18 Å². The standard InChI is InChI=1S/C21H27FN2O2/c1-15(2)21(17-7-11-19(26-4)12-8-17)23-20(25)14-24(3)13-16-5-9-18(22)10-6-16/h5-12,15,21H,13-14H2,1-4H3,(H,23,25). The lowest BCUT2D eigenvalue weighted by Crippen LogP contribution is -2.38. The summed E-state index contributed by atoms with van der Waals surface area (Å²) in [5, 5.41) is 3.11. The number of methoxy groups -OCH3 is 1. The second-order valence-electron chi connectivity index (χ2n) is 6.86. The van der Waals surface area contributed by atoms with Gasteiger partial charge < -0.3 is 10.1 Å². The number of halogens is 1. The summed E-state index contributed by atoms with van der Waals surface area (Å²) in [6.07, 6.45) is 0. The summed E-state index contributed by atoms with van der Waals surface area (Å²) in [5.74, 6) is 0.758. The van der Waals surface area contributed by atoms with Crippen LogP contribution < -0.4 is 10.1 Å². The van der Waals surface area contributed by atoms with Gasteiger partial charge in [-0.25, -0.2) is 4.39 Å². The van der Waals surface area contributed by atoms with Crippen LogP contribution in [0.25, 0.3) is 0 Å². The number of benzene rings is 2. The Morgan fingerprint density at radius 1 is 1.12 bits per heavy atom. The number of ether oxygens (including phenoxy) is 1. The molecule has 5 heteroatoms. The molecule has 0 heterocycles. The summed E-state index contributed by atoms with van der Waals surface area (Å²) >= 11 is 0. The number of carbonyl (C=O) groups excluding carboxylic acids is 1. The number of likely N-dealkylation sites (N-methyl/N-ethyl adjacent to an activating group) is 1. The van der Waals surface area contributed by atoms with Gasteiger partial charge in [-0.3, -0.25) is 9.69 Å². The molecule has 0 aliphatic rings. The van der Waals surface area contributed by atoms with E-state index in [-0.39, 0.29) is 30.2 Å². The topological polar surface area (TPSA) is 41.6 Å². The van der Waals surface area contributed by atoms with Crippen LogP contribution in [0.3, 0.4) is 0 Å². The monoisotopic (exact) mass is 358 g/mol. The van der Waals surface area contributed by atoms with Crippen LogP contribution >= 0.6 is 0 Å². The summed E-state index contributed by atoms with van der Waals surface area (Å²) in [4.78, 5) is 14.4. The van der Waals surface area contributed by atoms with Gasteiger partial charge in [-0.2, -0.15) is 0 Å². The van der Waals surface area contributed by atoms with E-state index in [1.54, 1.807) is 19.2 Å². The summed E-state index contributed by atoms with van der Waals surface area (Å²) in [6, 6.07) is 14.0. The van der Waals surface area contributed by atoms with Crippen molar-refractivity contribution in [2.45, 2.75) is 26.4 Å². The Balaban J connectivity index is 1.94. The minimum Gasteiger partial charge on any atom is -0.497 e. The van der Waals surface area contributed by atoms with Crippen LogP contribution in [0.2, 0.25) is 0 Å². The molecule has 0 fully saturated rings. The SMILES string of the molecule is COc1ccc(C(NC(=O)CN(C)Cc2ccc(F)cc2)C(C)C)cc1. The molecule has 1 unspecified atom stereocenters. The van der Waals surface area contributed by atoms with Gasteiger partial charge in [0.05, 0.1) is 19.7 Å². The van der Waals surface area contributed by atoms with Crippen molar-refractivity contribution in [1.82, 2.24) is 10.2 Å². The van der Waals surface area contributed by atoms with Crippen LogP contribution in [-0.2, 0) is 11.3 Å². The summed E-state index contributed by atoms with van der Waals surface area (Å²) < 4.78 is 18.2. The summed E-state index contributed by atoms with van der Waals surface area (Å²) in [5.41, 5.74) is 2.02. The molecule has 4 nitrogen and oxygen atoms in total. The van der Waals surface area contributed by atoms with Crippen molar-refractivity contribution in [2.24, 2.45) is 5.92 Å². The highest BCUT2D eigenvalue weighted by Gasteiger charge is 2.19. The maximum absolute atomic E-state index is 13.0. The Bertz CT molecular complexity index is 699. The first-order valence-corrected chi connectivity index (χ1v) is 8.75. The van der Waals surface area contributed by atoms with Gasteiger partial charge in [0.1, 0.15) is 11.6 Å². The van der Waals surface area contributed by atoms with Gasteiger partial charge in [0, 0.05) is 6.54 Å². The van der Waals surface area contributed by atoms with Crippen molar-refractivity contribution in [3.63, 3.8) is 0 Å². The third kappa shape index (κ3) is 5.85. The molecule has 2 rings (SSSR count). The van der Waals surface area contributed by atoms with Gasteiger partial charge >= 0.3 is 0 Å². The summed E-state index contributed by atoms with van der Waals surface area (Å²) in [6.45, 7) is 5.02. The van der Waals surface area contributed by atoms with E-state index in [1.807, 2.05) is 36.2 Å². The Hall–Kier alpha value is -2.40. The van der Waals surface area contributed by atoms with E-state index in [1.165, 1.54) is 12.1 Å². The molecule has 2 aromatic carbocycles. The van der Waals surface area contributed by atoms with Crippen LogP contribution in [-0.4, -0.2) is 31.5 Å². The third-order valence-corrected chi connectivity index (χ3v) is 4.24. The zero-order chi connectivity index (χ0) is 19.1. The first-order chi connectivity index (χ1) is 12.4. The second kappa shape index (κ2) is 9.34. The lowest BCUT2D eigenvalue weighted by molar-refractivity contribution is -0.123. The van der Waals surface area contributed by atoms with E-state index < -0.39 is 0 Å². The Morgan fingerprint density at radius 2 is 1.73 bits per heavy atom. The number of nitrogens with zero attached hydrogens (tertiary/aromatic N) is 1. The molecule has 1 amide bonds. The van der Waals surface area contributed by atoms with Crippen molar-refractivity contribution in [2.75, 3.05) is 20.7 Å².